The van der Waals surface area contributed by atoms with E-state index in [1.807, 2.05) is 11.8 Å². The largest absolute Gasteiger partial charge is 0.370 e. The minimum absolute atomic E-state index is 0.0569. The first-order chi connectivity index (χ1) is 9.62. The van der Waals surface area contributed by atoms with Crippen LogP contribution in [0.5, 0.6) is 0 Å². The number of aromatic nitrogens is 1. The van der Waals surface area contributed by atoms with Crippen molar-refractivity contribution in [2.45, 2.75) is 37.1 Å². The average Bonchev–Trinajstić information content (AvgIpc) is 2.46. The van der Waals surface area contributed by atoms with Crippen molar-refractivity contribution in [3.05, 3.63) is 18.3 Å². The van der Waals surface area contributed by atoms with Crippen molar-refractivity contribution in [3.63, 3.8) is 0 Å². The van der Waals surface area contributed by atoms with Crippen molar-refractivity contribution >= 4 is 27.6 Å². The van der Waals surface area contributed by atoms with Crippen molar-refractivity contribution < 1.29 is 8.42 Å². The Morgan fingerprint density at radius 2 is 2.15 bits per heavy atom. The van der Waals surface area contributed by atoms with Gasteiger partial charge in [-0.05, 0) is 36.8 Å². The second-order valence-corrected chi connectivity index (χ2v) is 7.75. The smallest absolute Gasteiger partial charge is 0.241 e. The summed E-state index contributed by atoms with van der Waals surface area (Å²) >= 11 is 1.88. The fraction of sp³-hybridized carbons (Fsp3) is 0.615. The maximum atomic E-state index is 12.4. The van der Waals surface area contributed by atoms with Gasteiger partial charge < -0.3 is 5.32 Å². The predicted octanol–water partition coefficient (Wildman–Crippen LogP) is 2.08. The molecule has 1 aliphatic rings. The van der Waals surface area contributed by atoms with Crippen LogP contribution in [-0.4, -0.2) is 37.5 Å². The molecule has 2 N–H and O–H groups in total. The predicted molar refractivity (Wildman–Crippen MR) is 83.7 cm³/mol. The van der Waals surface area contributed by atoms with Gasteiger partial charge in [-0.1, -0.05) is 6.92 Å². The molecule has 2 rings (SSSR count). The third-order valence-electron chi connectivity index (χ3n) is 3.14. The molecule has 0 spiro atoms. The monoisotopic (exact) mass is 315 g/mol. The molecule has 0 bridgehead atoms. The fourth-order valence-electron chi connectivity index (χ4n) is 2.03. The van der Waals surface area contributed by atoms with Crippen LogP contribution < -0.4 is 10.0 Å². The summed E-state index contributed by atoms with van der Waals surface area (Å²) < 4.78 is 27.5. The topological polar surface area (TPSA) is 71.1 Å². The second kappa shape index (κ2) is 7.28. The number of anilines is 1. The molecule has 0 aliphatic carbocycles. The van der Waals surface area contributed by atoms with E-state index in [-0.39, 0.29) is 10.9 Å². The molecule has 0 amide bonds. The van der Waals surface area contributed by atoms with Crippen LogP contribution in [0.1, 0.15) is 26.2 Å². The summed E-state index contributed by atoms with van der Waals surface area (Å²) in [7, 11) is -3.45. The highest BCUT2D eigenvalue weighted by atomic mass is 32.2. The second-order valence-electron chi connectivity index (χ2n) is 4.81. The van der Waals surface area contributed by atoms with Gasteiger partial charge in [0, 0.05) is 24.8 Å². The van der Waals surface area contributed by atoms with Gasteiger partial charge in [0.25, 0.3) is 0 Å². The van der Waals surface area contributed by atoms with Gasteiger partial charge >= 0.3 is 0 Å². The molecule has 1 aromatic rings. The SMILES string of the molecule is CCCNc1cc(S(=O)(=O)NC2CCSCC2)ccn1. The van der Waals surface area contributed by atoms with E-state index in [1.54, 1.807) is 6.07 Å². The van der Waals surface area contributed by atoms with Crippen LogP contribution in [0.4, 0.5) is 5.82 Å². The molecule has 2 heterocycles. The molecular weight excluding hydrogens is 294 g/mol. The summed E-state index contributed by atoms with van der Waals surface area (Å²) in [6.07, 6.45) is 4.30. The van der Waals surface area contributed by atoms with Crippen molar-refractivity contribution in [1.82, 2.24) is 9.71 Å². The zero-order chi connectivity index (χ0) is 14.4. The summed E-state index contributed by atoms with van der Waals surface area (Å²) in [6, 6.07) is 3.19. The van der Waals surface area contributed by atoms with Gasteiger partial charge in [0.05, 0.1) is 4.90 Å². The molecule has 0 aromatic carbocycles. The van der Waals surface area contributed by atoms with E-state index in [9.17, 15) is 8.42 Å². The normalized spacial score (nSPS) is 17.1. The van der Waals surface area contributed by atoms with E-state index in [4.69, 9.17) is 0 Å². The third kappa shape index (κ3) is 4.36. The molecule has 20 heavy (non-hydrogen) atoms. The molecule has 0 atom stereocenters. The minimum atomic E-state index is -3.45. The fourth-order valence-corrected chi connectivity index (χ4v) is 4.45. The lowest BCUT2D eigenvalue weighted by molar-refractivity contribution is 0.529. The number of hydrogen-bond acceptors (Lipinski definition) is 5. The van der Waals surface area contributed by atoms with Gasteiger partial charge in [-0.25, -0.2) is 18.1 Å². The summed E-state index contributed by atoms with van der Waals surface area (Å²) in [4.78, 5) is 4.41. The Kier molecular flexibility index (Phi) is 5.68. The summed E-state index contributed by atoms with van der Waals surface area (Å²) in [6.45, 7) is 2.83. The number of sulfonamides is 1. The molecule has 1 aliphatic heterocycles. The Bertz CT molecular complexity index is 528. The molecule has 0 saturated carbocycles. The van der Waals surface area contributed by atoms with Crippen LogP contribution >= 0.6 is 11.8 Å². The van der Waals surface area contributed by atoms with Crippen molar-refractivity contribution in [2.24, 2.45) is 0 Å². The molecule has 1 saturated heterocycles. The van der Waals surface area contributed by atoms with E-state index in [0.717, 1.165) is 37.3 Å². The number of nitrogens with zero attached hydrogens (tertiary/aromatic N) is 1. The van der Waals surface area contributed by atoms with Crippen LogP contribution in [0.15, 0.2) is 23.2 Å². The summed E-state index contributed by atoms with van der Waals surface area (Å²) in [5.74, 6) is 2.65. The zero-order valence-corrected chi connectivity index (χ0v) is 13.3. The van der Waals surface area contributed by atoms with Gasteiger partial charge in [-0.2, -0.15) is 11.8 Å². The van der Waals surface area contributed by atoms with Crippen molar-refractivity contribution in [2.75, 3.05) is 23.4 Å². The molecule has 0 radical (unpaired) electrons. The van der Waals surface area contributed by atoms with Crippen LogP contribution in [0.2, 0.25) is 0 Å². The lowest BCUT2D eigenvalue weighted by Gasteiger charge is -2.22. The van der Waals surface area contributed by atoms with Gasteiger partial charge in [0.1, 0.15) is 5.82 Å². The Balaban J connectivity index is 2.07. The highest BCUT2D eigenvalue weighted by Crippen LogP contribution is 2.20. The Morgan fingerprint density at radius 1 is 1.40 bits per heavy atom. The van der Waals surface area contributed by atoms with Gasteiger partial charge in [0.2, 0.25) is 10.0 Å². The molecule has 5 nitrogen and oxygen atoms in total. The maximum absolute atomic E-state index is 12.4. The van der Waals surface area contributed by atoms with E-state index in [2.05, 4.69) is 21.9 Å². The molecule has 112 valence electrons. The van der Waals surface area contributed by atoms with Crippen LogP contribution in [0.3, 0.4) is 0 Å². The number of pyridine rings is 1. The van der Waals surface area contributed by atoms with E-state index >= 15 is 0 Å². The molecule has 7 heteroatoms. The van der Waals surface area contributed by atoms with Gasteiger partial charge in [0.15, 0.2) is 0 Å². The zero-order valence-electron chi connectivity index (χ0n) is 11.6. The number of hydrogen-bond donors (Lipinski definition) is 2. The Hall–Kier alpha value is -0.790. The van der Waals surface area contributed by atoms with Crippen LogP contribution in [0, 0.1) is 0 Å². The van der Waals surface area contributed by atoms with E-state index in [1.165, 1.54) is 12.3 Å². The molecule has 1 aromatic heterocycles. The number of nitrogens with one attached hydrogen (secondary N) is 2. The summed E-state index contributed by atoms with van der Waals surface area (Å²) in [5, 5.41) is 3.10. The lowest BCUT2D eigenvalue weighted by atomic mass is 10.2. The summed E-state index contributed by atoms with van der Waals surface area (Å²) in [5.41, 5.74) is 0. The van der Waals surface area contributed by atoms with Gasteiger partial charge in [-0.3, -0.25) is 0 Å². The van der Waals surface area contributed by atoms with Crippen LogP contribution in [-0.2, 0) is 10.0 Å². The number of thioether (sulfide) groups is 1. The standard InChI is InChI=1S/C13H21N3O2S2/c1-2-6-14-13-10-12(3-7-15-13)20(17,18)16-11-4-8-19-9-5-11/h3,7,10-11,16H,2,4-6,8-9H2,1H3,(H,14,15). The first kappa shape index (κ1) is 15.6. The quantitative estimate of drug-likeness (QED) is 0.841. The highest BCUT2D eigenvalue weighted by molar-refractivity contribution is 7.99. The third-order valence-corrected chi connectivity index (χ3v) is 5.71. The molecule has 0 unspecified atom stereocenters. The van der Waals surface area contributed by atoms with Crippen molar-refractivity contribution in [1.29, 1.82) is 0 Å². The Morgan fingerprint density at radius 3 is 2.85 bits per heavy atom. The highest BCUT2D eigenvalue weighted by Gasteiger charge is 2.22. The van der Waals surface area contributed by atoms with Crippen molar-refractivity contribution in [3.8, 4) is 0 Å². The van der Waals surface area contributed by atoms with Gasteiger partial charge in [-0.15, -0.1) is 0 Å². The first-order valence-electron chi connectivity index (χ1n) is 6.92. The Labute approximate surface area is 125 Å². The number of rotatable bonds is 6. The minimum Gasteiger partial charge on any atom is -0.370 e. The van der Waals surface area contributed by atoms with E-state index < -0.39 is 10.0 Å². The van der Waals surface area contributed by atoms with E-state index in [0.29, 0.717) is 5.82 Å². The first-order valence-corrected chi connectivity index (χ1v) is 9.55. The molecular formula is C13H21N3O2S2. The van der Waals surface area contributed by atoms with Crippen LogP contribution in [0.25, 0.3) is 0 Å². The average molecular weight is 315 g/mol. The maximum Gasteiger partial charge on any atom is 0.241 e. The lowest BCUT2D eigenvalue weighted by Crippen LogP contribution is -2.37. The molecule has 1 fully saturated rings.